The van der Waals surface area contributed by atoms with Gasteiger partial charge in [-0.15, -0.1) is 11.3 Å². The molecule has 0 saturated heterocycles. The summed E-state index contributed by atoms with van der Waals surface area (Å²) >= 11 is 1.39. The van der Waals surface area contributed by atoms with E-state index in [2.05, 4.69) is 10.6 Å². The average Bonchev–Trinajstić information content (AvgIpc) is 3.40. The van der Waals surface area contributed by atoms with Crippen molar-refractivity contribution in [2.24, 2.45) is 23.7 Å². The van der Waals surface area contributed by atoms with Crippen LogP contribution in [0.1, 0.15) is 52.9 Å². The topological polar surface area (TPSA) is 95.5 Å². The first-order valence-electron chi connectivity index (χ1n) is 9.99. The Labute approximate surface area is 168 Å². The molecule has 0 spiro atoms. The number of carboxylic acid groups (broad SMARTS) is 1. The fourth-order valence-corrected chi connectivity index (χ4v) is 6.09. The first-order chi connectivity index (χ1) is 13.4. The Hall–Kier alpha value is -2.15. The Balaban J connectivity index is 1.55. The van der Waals surface area contributed by atoms with Gasteiger partial charge in [0.25, 0.3) is 5.91 Å². The van der Waals surface area contributed by atoms with Gasteiger partial charge in [0.05, 0.1) is 17.4 Å². The minimum absolute atomic E-state index is 0.0379. The third kappa shape index (κ3) is 3.26. The number of nitrogens with one attached hydrogen (secondary N) is 2. The van der Waals surface area contributed by atoms with Gasteiger partial charge in [0, 0.05) is 10.9 Å². The van der Waals surface area contributed by atoms with Gasteiger partial charge in [-0.2, -0.15) is 0 Å². The molecule has 0 radical (unpaired) electrons. The minimum Gasteiger partial charge on any atom is -0.481 e. The summed E-state index contributed by atoms with van der Waals surface area (Å²) in [5.74, 6) is -2.74. The van der Waals surface area contributed by atoms with E-state index in [1.807, 2.05) is 26.0 Å². The first-order valence-corrected chi connectivity index (χ1v) is 10.8. The van der Waals surface area contributed by atoms with Gasteiger partial charge < -0.3 is 15.7 Å². The molecule has 1 aromatic rings. The number of rotatable bonds is 5. The van der Waals surface area contributed by atoms with Gasteiger partial charge in [-0.1, -0.05) is 25.0 Å². The van der Waals surface area contributed by atoms with Crippen molar-refractivity contribution in [2.45, 2.75) is 52.0 Å². The predicted molar refractivity (Wildman–Crippen MR) is 107 cm³/mol. The lowest BCUT2D eigenvalue weighted by Gasteiger charge is -2.23. The molecule has 28 heavy (non-hydrogen) atoms. The number of allylic oxidation sites excluding steroid dienone is 2. The monoisotopic (exact) mass is 402 g/mol. The molecule has 0 aromatic carbocycles. The van der Waals surface area contributed by atoms with E-state index in [1.54, 1.807) is 0 Å². The van der Waals surface area contributed by atoms with Crippen molar-refractivity contribution in [1.29, 1.82) is 0 Å². The van der Waals surface area contributed by atoms with Crippen molar-refractivity contribution < 1.29 is 19.5 Å². The molecule has 3 aliphatic carbocycles. The zero-order chi connectivity index (χ0) is 20.0. The lowest BCUT2D eigenvalue weighted by atomic mass is 9.82. The molecule has 7 heteroatoms. The zero-order valence-electron chi connectivity index (χ0n) is 16.2. The van der Waals surface area contributed by atoms with E-state index in [4.69, 9.17) is 0 Å². The molecular formula is C21H26N2O4S. The molecule has 3 aliphatic rings. The maximum absolute atomic E-state index is 13.0. The van der Waals surface area contributed by atoms with Crippen molar-refractivity contribution in [1.82, 2.24) is 5.32 Å². The molecule has 6 nitrogen and oxygen atoms in total. The Morgan fingerprint density at radius 1 is 1.07 bits per heavy atom. The van der Waals surface area contributed by atoms with Crippen molar-refractivity contribution >= 4 is 34.1 Å². The fourth-order valence-electron chi connectivity index (χ4n) is 5.03. The number of amides is 2. The van der Waals surface area contributed by atoms with Gasteiger partial charge in [-0.3, -0.25) is 14.4 Å². The third-order valence-corrected chi connectivity index (χ3v) is 7.71. The average molecular weight is 403 g/mol. The minimum atomic E-state index is -0.922. The van der Waals surface area contributed by atoms with Crippen molar-refractivity contribution in [3.05, 3.63) is 28.2 Å². The van der Waals surface area contributed by atoms with Crippen LogP contribution in [0.3, 0.4) is 0 Å². The number of aryl methyl sites for hydroxylation is 1. The second-order valence-electron chi connectivity index (χ2n) is 8.27. The van der Waals surface area contributed by atoms with E-state index in [0.29, 0.717) is 17.0 Å². The lowest BCUT2D eigenvalue weighted by molar-refractivity contribution is -0.146. The summed E-state index contributed by atoms with van der Waals surface area (Å²) in [6.45, 7) is 3.83. The second kappa shape index (κ2) is 7.35. The summed E-state index contributed by atoms with van der Waals surface area (Å²) in [6, 6.07) is 0.197. The van der Waals surface area contributed by atoms with Crippen molar-refractivity contribution in [3.8, 4) is 0 Å². The van der Waals surface area contributed by atoms with Crippen LogP contribution in [0, 0.1) is 37.5 Å². The second-order valence-corrected chi connectivity index (χ2v) is 9.49. The maximum atomic E-state index is 13.0. The molecule has 2 fully saturated rings. The van der Waals surface area contributed by atoms with Crippen LogP contribution in [0.2, 0.25) is 0 Å². The van der Waals surface area contributed by atoms with Crippen LogP contribution in [-0.2, 0) is 9.59 Å². The summed E-state index contributed by atoms with van der Waals surface area (Å²) < 4.78 is 0. The summed E-state index contributed by atoms with van der Waals surface area (Å²) in [5, 5.41) is 16.1. The third-order valence-electron chi connectivity index (χ3n) is 6.59. The Morgan fingerprint density at radius 2 is 1.71 bits per heavy atom. The Bertz CT molecular complexity index is 853. The van der Waals surface area contributed by atoms with Crippen LogP contribution in [0.25, 0.3) is 0 Å². The predicted octanol–water partition coefficient (Wildman–Crippen LogP) is 3.50. The molecule has 2 amide bonds. The van der Waals surface area contributed by atoms with Gasteiger partial charge in [-0.25, -0.2) is 0 Å². The molecule has 0 unspecified atom stereocenters. The Morgan fingerprint density at radius 3 is 2.36 bits per heavy atom. The molecule has 0 aliphatic heterocycles. The van der Waals surface area contributed by atoms with E-state index in [1.165, 1.54) is 11.3 Å². The molecule has 3 N–H and O–H groups in total. The Kier molecular flexibility index (Phi) is 5.04. The molecule has 1 heterocycles. The summed E-state index contributed by atoms with van der Waals surface area (Å²) in [4.78, 5) is 38.6. The van der Waals surface area contributed by atoms with Gasteiger partial charge in [0.2, 0.25) is 5.91 Å². The number of hydrogen-bond acceptors (Lipinski definition) is 4. The molecule has 1 aromatic heterocycles. The highest BCUT2D eigenvalue weighted by Gasteiger charge is 2.51. The normalized spacial score (nSPS) is 28.6. The molecule has 4 atom stereocenters. The standard InChI is InChI=1S/C21H26N2O4S/c1-10-11(2)28-20(15(10)18(24)22-14-5-3-4-6-14)23-19(25)16-12-7-8-13(9-12)17(16)21(26)27/h7-8,12-14,16-17H,3-6,9H2,1-2H3,(H,22,24)(H,23,25)(H,26,27)/t12-,13-,16+,17-/m0/s1. The largest absolute Gasteiger partial charge is 0.481 e. The molecule has 150 valence electrons. The van der Waals surface area contributed by atoms with E-state index in [0.717, 1.165) is 36.1 Å². The van der Waals surface area contributed by atoms with Gasteiger partial charge >= 0.3 is 5.97 Å². The fraction of sp³-hybridized carbons (Fsp3) is 0.571. The number of fused-ring (bicyclic) bond motifs is 2. The zero-order valence-corrected chi connectivity index (χ0v) is 17.0. The van der Waals surface area contributed by atoms with Gasteiger partial charge in [0.15, 0.2) is 0 Å². The summed E-state index contributed by atoms with van der Waals surface area (Å²) in [7, 11) is 0. The number of carbonyl (C=O) groups excluding carboxylic acids is 2. The number of anilines is 1. The van der Waals surface area contributed by atoms with Gasteiger partial charge in [-0.05, 0) is 50.5 Å². The number of thiophene rings is 1. The molecule has 2 bridgehead atoms. The van der Waals surface area contributed by atoms with Crippen LogP contribution in [0.15, 0.2) is 12.2 Å². The highest BCUT2D eigenvalue weighted by atomic mass is 32.1. The van der Waals surface area contributed by atoms with E-state index in [-0.39, 0.29) is 29.7 Å². The lowest BCUT2D eigenvalue weighted by Crippen LogP contribution is -2.37. The van der Waals surface area contributed by atoms with Crippen LogP contribution in [-0.4, -0.2) is 28.9 Å². The van der Waals surface area contributed by atoms with Crippen molar-refractivity contribution in [2.75, 3.05) is 5.32 Å². The van der Waals surface area contributed by atoms with Crippen LogP contribution in [0.4, 0.5) is 5.00 Å². The maximum Gasteiger partial charge on any atom is 0.307 e. The van der Waals surface area contributed by atoms with Crippen LogP contribution < -0.4 is 10.6 Å². The van der Waals surface area contributed by atoms with Crippen molar-refractivity contribution in [3.63, 3.8) is 0 Å². The summed E-state index contributed by atoms with van der Waals surface area (Å²) in [5.41, 5.74) is 1.40. The number of carboxylic acids is 1. The number of hydrogen-bond donors (Lipinski definition) is 3. The molecule has 4 rings (SSSR count). The SMILES string of the molecule is Cc1sc(NC(=O)[C@H]2[C@@H](C(=O)O)[C@H]3C=C[C@H]2C3)c(C(=O)NC2CCCC2)c1C. The first kappa shape index (κ1) is 19.2. The number of aliphatic carboxylic acids is 1. The summed E-state index contributed by atoms with van der Waals surface area (Å²) in [6.07, 6.45) is 8.85. The highest BCUT2D eigenvalue weighted by molar-refractivity contribution is 7.16. The van der Waals surface area contributed by atoms with E-state index < -0.39 is 17.8 Å². The van der Waals surface area contributed by atoms with E-state index in [9.17, 15) is 19.5 Å². The quantitative estimate of drug-likeness (QED) is 0.657. The van der Waals surface area contributed by atoms with E-state index >= 15 is 0 Å². The highest BCUT2D eigenvalue weighted by Crippen LogP contribution is 2.48. The molecular weight excluding hydrogens is 376 g/mol. The van der Waals surface area contributed by atoms with Crippen LogP contribution >= 0.6 is 11.3 Å². The molecule has 2 saturated carbocycles. The van der Waals surface area contributed by atoms with Gasteiger partial charge in [0.1, 0.15) is 5.00 Å². The number of carbonyl (C=O) groups is 3. The smallest absolute Gasteiger partial charge is 0.307 e. The van der Waals surface area contributed by atoms with Crippen LogP contribution in [0.5, 0.6) is 0 Å².